The number of nitrogens with zero attached hydrogens (tertiary/aromatic N) is 4. The Morgan fingerprint density at radius 3 is 2.79 bits per heavy atom. The maximum absolute atomic E-state index is 13.0. The summed E-state index contributed by atoms with van der Waals surface area (Å²) < 4.78 is 5.35. The first kappa shape index (κ1) is 19.0. The number of fused-ring (bicyclic) bond motifs is 1. The highest BCUT2D eigenvalue weighted by atomic mass is 16.5. The number of aromatic nitrogens is 4. The van der Waals surface area contributed by atoms with Crippen molar-refractivity contribution in [2.75, 3.05) is 7.05 Å². The molecule has 1 amide bonds. The minimum Gasteiger partial charge on any atom is -0.356 e. The van der Waals surface area contributed by atoms with E-state index in [4.69, 9.17) is 4.52 Å². The van der Waals surface area contributed by atoms with Crippen LogP contribution < -0.4 is 5.56 Å². The van der Waals surface area contributed by atoms with Gasteiger partial charge in [0.05, 0.1) is 23.5 Å². The highest BCUT2D eigenvalue weighted by Crippen LogP contribution is 2.24. The number of amides is 1. The van der Waals surface area contributed by atoms with Gasteiger partial charge in [0.1, 0.15) is 11.4 Å². The average Bonchev–Trinajstić information content (AvgIpc) is 3.13. The van der Waals surface area contributed by atoms with Gasteiger partial charge in [-0.05, 0) is 51.2 Å². The van der Waals surface area contributed by atoms with Gasteiger partial charge >= 0.3 is 0 Å². The van der Waals surface area contributed by atoms with Gasteiger partial charge in [0.15, 0.2) is 5.76 Å². The van der Waals surface area contributed by atoms with E-state index in [-0.39, 0.29) is 23.6 Å². The number of hydrogen-bond donors (Lipinski definition) is 1. The molecule has 150 valence electrons. The van der Waals surface area contributed by atoms with Gasteiger partial charge in [0.25, 0.3) is 11.5 Å². The zero-order valence-electron chi connectivity index (χ0n) is 16.8. The first-order chi connectivity index (χ1) is 13.9. The van der Waals surface area contributed by atoms with Crippen molar-refractivity contribution in [3.63, 3.8) is 0 Å². The van der Waals surface area contributed by atoms with Crippen LogP contribution in [0.5, 0.6) is 0 Å². The lowest BCUT2D eigenvalue weighted by Crippen LogP contribution is -2.33. The average molecular weight is 393 g/mol. The van der Waals surface area contributed by atoms with E-state index in [0.29, 0.717) is 22.8 Å². The molecule has 0 saturated heterocycles. The van der Waals surface area contributed by atoms with Gasteiger partial charge in [-0.15, -0.1) is 0 Å². The Morgan fingerprint density at radius 2 is 2.03 bits per heavy atom. The standard InChI is InChI=1S/C21H23N5O3/c1-12-8-19(29-25-12)16-10-22-13(2)23-18(16)11-26(3)21(28)15-9-14-6-4-5-7-17(14)24-20(15)27/h8-10H,4-7,11H2,1-3H3,(H,24,27). The first-order valence-electron chi connectivity index (χ1n) is 9.69. The van der Waals surface area contributed by atoms with Crippen LogP contribution in [0, 0.1) is 13.8 Å². The van der Waals surface area contributed by atoms with Gasteiger partial charge in [0, 0.05) is 25.0 Å². The minimum atomic E-state index is -0.340. The zero-order chi connectivity index (χ0) is 20.5. The lowest BCUT2D eigenvalue weighted by atomic mass is 9.95. The number of aromatic amines is 1. The van der Waals surface area contributed by atoms with E-state index in [1.807, 2.05) is 6.92 Å². The fourth-order valence-corrected chi connectivity index (χ4v) is 3.67. The second-order valence-corrected chi connectivity index (χ2v) is 7.49. The van der Waals surface area contributed by atoms with Crippen LogP contribution in [-0.4, -0.2) is 38.0 Å². The van der Waals surface area contributed by atoms with E-state index in [2.05, 4.69) is 20.1 Å². The number of rotatable bonds is 4. The molecule has 0 radical (unpaired) electrons. The molecule has 4 rings (SSSR count). The van der Waals surface area contributed by atoms with Crippen molar-refractivity contribution >= 4 is 5.91 Å². The lowest BCUT2D eigenvalue weighted by molar-refractivity contribution is 0.0781. The second kappa shape index (κ2) is 7.62. The van der Waals surface area contributed by atoms with E-state index in [1.54, 1.807) is 32.3 Å². The Balaban J connectivity index is 1.63. The summed E-state index contributed by atoms with van der Waals surface area (Å²) in [7, 11) is 1.66. The van der Waals surface area contributed by atoms with Gasteiger partial charge in [-0.2, -0.15) is 0 Å². The monoisotopic (exact) mass is 393 g/mol. The van der Waals surface area contributed by atoms with Crippen molar-refractivity contribution in [2.45, 2.75) is 46.1 Å². The predicted octanol–water partition coefficient (Wildman–Crippen LogP) is 2.59. The Bertz CT molecular complexity index is 1130. The summed E-state index contributed by atoms with van der Waals surface area (Å²) in [6.45, 7) is 3.84. The molecule has 1 aliphatic rings. The number of H-pyrrole nitrogens is 1. The Hall–Kier alpha value is -3.29. The molecule has 3 heterocycles. The molecular weight excluding hydrogens is 370 g/mol. The van der Waals surface area contributed by atoms with Crippen molar-refractivity contribution in [3.8, 4) is 11.3 Å². The van der Waals surface area contributed by atoms with Crippen molar-refractivity contribution in [3.05, 3.63) is 62.7 Å². The molecule has 29 heavy (non-hydrogen) atoms. The SMILES string of the molecule is Cc1cc(-c2cnc(C)nc2CN(C)C(=O)c2cc3c([nH]c2=O)CCCC3)on1. The van der Waals surface area contributed by atoms with Crippen LogP contribution in [-0.2, 0) is 19.4 Å². The van der Waals surface area contributed by atoms with Crippen LogP contribution in [0.3, 0.4) is 0 Å². The second-order valence-electron chi connectivity index (χ2n) is 7.49. The highest BCUT2D eigenvalue weighted by Gasteiger charge is 2.22. The molecule has 8 nitrogen and oxygen atoms in total. The maximum atomic E-state index is 13.0. The molecular formula is C21H23N5O3. The molecule has 0 aliphatic heterocycles. The molecule has 8 heteroatoms. The smallest absolute Gasteiger partial charge is 0.261 e. The van der Waals surface area contributed by atoms with Gasteiger partial charge in [0.2, 0.25) is 0 Å². The quantitative estimate of drug-likeness (QED) is 0.730. The molecule has 0 spiro atoms. The number of aryl methyl sites for hydroxylation is 4. The highest BCUT2D eigenvalue weighted by molar-refractivity contribution is 5.94. The molecule has 0 unspecified atom stereocenters. The van der Waals surface area contributed by atoms with E-state index in [1.165, 1.54) is 4.90 Å². The molecule has 0 fully saturated rings. The molecule has 1 aliphatic carbocycles. The van der Waals surface area contributed by atoms with Crippen LogP contribution in [0.2, 0.25) is 0 Å². The Kier molecular flexibility index (Phi) is 5.00. The molecule has 0 saturated carbocycles. The van der Waals surface area contributed by atoms with Gasteiger partial charge < -0.3 is 14.4 Å². The molecule has 0 atom stereocenters. The summed E-state index contributed by atoms with van der Waals surface area (Å²) in [4.78, 5) is 38.6. The van der Waals surface area contributed by atoms with Crippen molar-refractivity contribution in [2.24, 2.45) is 0 Å². The van der Waals surface area contributed by atoms with Crippen LogP contribution in [0.4, 0.5) is 0 Å². The van der Waals surface area contributed by atoms with Crippen LogP contribution >= 0.6 is 0 Å². The Morgan fingerprint density at radius 1 is 1.24 bits per heavy atom. The largest absolute Gasteiger partial charge is 0.356 e. The molecule has 0 aromatic carbocycles. The minimum absolute atomic E-state index is 0.163. The number of carbonyl (C=O) groups is 1. The fourth-order valence-electron chi connectivity index (χ4n) is 3.67. The Labute approximate surface area is 168 Å². The van der Waals surface area contributed by atoms with Crippen molar-refractivity contribution in [1.29, 1.82) is 0 Å². The fraction of sp³-hybridized carbons (Fsp3) is 0.381. The molecule has 0 bridgehead atoms. The number of pyridine rings is 1. The van der Waals surface area contributed by atoms with E-state index in [0.717, 1.165) is 42.6 Å². The molecule has 3 aromatic heterocycles. The molecule has 3 aromatic rings. The number of carbonyl (C=O) groups excluding carboxylic acids is 1. The van der Waals surface area contributed by atoms with E-state index >= 15 is 0 Å². The van der Waals surface area contributed by atoms with Gasteiger partial charge in [-0.25, -0.2) is 9.97 Å². The number of nitrogens with one attached hydrogen (secondary N) is 1. The lowest BCUT2D eigenvalue weighted by Gasteiger charge is -2.20. The van der Waals surface area contributed by atoms with Gasteiger partial charge in [-0.3, -0.25) is 9.59 Å². The van der Waals surface area contributed by atoms with E-state index < -0.39 is 0 Å². The normalized spacial score (nSPS) is 13.2. The van der Waals surface area contributed by atoms with Crippen molar-refractivity contribution < 1.29 is 9.32 Å². The maximum Gasteiger partial charge on any atom is 0.261 e. The molecule has 1 N–H and O–H groups in total. The third-order valence-corrected chi connectivity index (χ3v) is 5.18. The summed E-state index contributed by atoms with van der Waals surface area (Å²) in [5, 5.41) is 3.91. The first-order valence-corrected chi connectivity index (χ1v) is 9.69. The summed E-state index contributed by atoms with van der Waals surface area (Å²) in [6, 6.07) is 3.55. The topological polar surface area (TPSA) is 105 Å². The third kappa shape index (κ3) is 3.83. The third-order valence-electron chi connectivity index (χ3n) is 5.18. The summed E-state index contributed by atoms with van der Waals surface area (Å²) in [6.07, 6.45) is 5.54. The van der Waals surface area contributed by atoms with Crippen molar-refractivity contribution in [1.82, 2.24) is 25.0 Å². The van der Waals surface area contributed by atoms with Crippen LogP contribution in [0.25, 0.3) is 11.3 Å². The summed E-state index contributed by atoms with van der Waals surface area (Å²) in [5.74, 6) is 0.799. The van der Waals surface area contributed by atoms with Crippen LogP contribution in [0.1, 0.15) is 51.7 Å². The van der Waals surface area contributed by atoms with Crippen LogP contribution in [0.15, 0.2) is 27.6 Å². The zero-order valence-corrected chi connectivity index (χ0v) is 16.8. The summed E-state index contributed by atoms with van der Waals surface area (Å²) >= 11 is 0. The summed E-state index contributed by atoms with van der Waals surface area (Å²) in [5.41, 5.74) is 3.90. The van der Waals surface area contributed by atoms with Gasteiger partial charge in [-0.1, -0.05) is 5.16 Å². The predicted molar refractivity (Wildman–Crippen MR) is 107 cm³/mol. The van der Waals surface area contributed by atoms with E-state index in [9.17, 15) is 9.59 Å². The number of hydrogen-bond acceptors (Lipinski definition) is 6.